The summed E-state index contributed by atoms with van der Waals surface area (Å²) < 4.78 is 0. The Morgan fingerprint density at radius 3 is 2.72 bits per heavy atom. The molecule has 0 aliphatic carbocycles. The molecule has 18 heavy (non-hydrogen) atoms. The van der Waals surface area contributed by atoms with Crippen molar-refractivity contribution < 1.29 is 4.79 Å². The molecule has 1 aromatic heterocycles. The highest BCUT2D eigenvalue weighted by Crippen LogP contribution is 2.00. The van der Waals surface area contributed by atoms with Crippen molar-refractivity contribution in [3.05, 3.63) is 30.1 Å². The smallest absolute Gasteiger partial charge is 0.220 e. The molecule has 0 aromatic carbocycles. The molecule has 4 heteroatoms. The molecule has 0 fully saturated rings. The van der Waals surface area contributed by atoms with Gasteiger partial charge in [-0.15, -0.1) is 0 Å². The van der Waals surface area contributed by atoms with Gasteiger partial charge in [0.2, 0.25) is 5.91 Å². The van der Waals surface area contributed by atoms with E-state index < -0.39 is 0 Å². The van der Waals surface area contributed by atoms with Crippen molar-refractivity contribution in [2.24, 2.45) is 0 Å². The number of aromatic nitrogens is 1. The Labute approximate surface area is 109 Å². The van der Waals surface area contributed by atoms with Crippen molar-refractivity contribution in [3.8, 4) is 0 Å². The molecule has 0 radical (unpaired) electrons. The summed E-state index contributed by atoms with van der Waals surface area (Å²) in [4.78, 5) is 15.6. The second-order valence-corrected chi connectivity index (χ2v) is 5.39. The molecular weight excluding hydrogens is 226 g/mol. The minimum absolute atomic E-state index is 0.0922. The monoisotopic (exact) mass is 249 g/mol. The first kappa shape index (κ1) is 14.6. The Bertz CT molecular complexity index is 357. The lowest BCUT2D eigenvalue weighted by Gasteiger charge is -2.20. The zero-order chi connectivity index (χ0) is 13.4. The van der Waals surface area contributed by atoms with Crippen LogP contribution in [0.1, 0.15) is 32.8 Å². The van der Waals surface area contributed by atoms with Crippen molar-refractivity contribution in [1.29, 1.82) is 0 Å². The highest BCUT2D eigenvalue weighted by molar-refractivity contribution is 5.76. The maximum Gasteiger partial charge on any atom is 0.220 e. The average Bonchev–Trinajstić information content (AvgIpc) is 2.32. The van der Waals surface area contributed by atoms with E-state index in [2.05, 4.69) is 36.4 Å². The molecule has 2 N–H and O–H groups in total. The molecule has 0 bridgehead atoms. The van der Waals surface area contributed by atoms with Crippen molar-refractivity contribution in [2.45, 2.75) is 39.2 Å². The number of nitrogens with one attached hydrogen (secondary N) is 2. The van der Waals surface area contributed by atoms with Gasteiger partial charge in [0.1, 0.15) is 0 Å². The molecule has 0 spiro atoms. The molecule has 4 nitrogen and oxygen atoms in total. The Hall–Kier alpha value is -1.42. The van der Waals surface area contributed by atoms with Gasteiger partial charge in [-0.2, -0.15) is 0 Å². The van der Waals surface area contributed by atoms with Gasteiger partial charge < -0.3 is 10.6 Å². The van der Waals surface area contributed by atoms with E-state index >= 15 is 0 Å². The van der Waals surface area contributed by atoms with Crippen LogP contribution in [0.5, 0.6) is 0 Å². The van der Waals surface area contributed by atoms with Crippen LogP contribution in [0.3, 0.4) is 0 Å². The average molecular weight is 249 g/mol. The van der Waals surface area contributed by atoms with Crippen molar-refractivity contribution >= 4 is 5.91 Å². The standard InChI is InChI=1S/C14H23N3O/c1-14(2,3)17-10-9-16-13(18)7-6-12-5-4-8-15-11-12/h4-5,8,11,17H,6-7,9-10H2,1-3H3,(H,16,18). The lowest BCUT2D eigenvalue weighted by atomic mass is 10.1. The Morgan fingerprint density at radius 2 is 2.11 bits per heavy atom. The molecule has 0 saturated carbocycles. The van der Waals surface area contributed by atoms with E-state index in [9.17, 15) is 4.79 Å². The maximum atomic E-state index is 11.6. The lowest BCUT2D eigenvalue weighted by molar-refractivity contribution is -0.121. The highest BCUT2D eigenvalue weighted by Gasteiger charge is 2.07. The third-order valence-electron chi connectivity index (χ3n) is 2.47. The number of amides is 1. The van der Waals surface area contributed by atoms with Crippen LogP contribution in [0, 0.1) is 0 Å². The van der Waals surface area contributed by atoms with E-state index in [1.165, 1.54) is 0 Å². The van der Waals surface area contributed by atoms with E-state index in [0.29, 0.717) is 13.0 Å². The number of nitrogens with zero attached hydrogens (tertiary/aromatic N) is 1. The quantitative estimate of drug-likeness (QED) is 0.752. The van der Waals surface area contributed by atoms with Gasteiger partial charge >= 0.3 is 0 Å². The number of carbonyl (C=O) groups excluding carboxylic acids is 1. The molecule has 1 aromatic rings. The third-order valence-corrected chi connectivity index (χ3v) is 2.47. The largest absolute Gasteiger partial charge is 0.355 e. The van der Waals surface area contributed by atoms with E-state index in [0.717, 1.165) is 18.5 Å². The van der Waals surface area contributed by atoms with E-state index in [-0.39, 0.29) is 11.4 Å². The van der Waals surface area contributed by atoms with Crippen LogP contribution in [-0.4, -0.2) is 29.5 Å². The Morgan fingerprint density at radius 1 is 1.33 bits per heavy atom. The number of pyridine rings is 1. The summed E-state index contributed by atoms with van der Waals surface area (Å²) in [6, 6.07) is 3.88. The number of rotatable bonds is 6. The molecule has 100 valence electrons. The van der Waals surface area contributed by atoms with E-state index in [4.69, 9.17) is 0 Å². The minimum Gasteiger partial charge on any atom is -0.355 e. The number of hydrogen-bond acceptors (Lipinski definition) is 3. The van der Waals surface area contributed by atoms with E-state index in [1.807, 2.05) is 12.1 Å². The first-order chi connectivity index (χ1) is 8.47. The molecule has 1 amide bonds. The van der Waals surface area contributed by atoms with Gasteiger partial charge in [0, 0.05) is 37.4 Å². The molecule has 0 atom stereocenters. The fraction of sp³-hybridized carbons (Fsp3) is 0.571. The second kappa shape index (κ2) is 7.11. The zero-order valence-electron chi connectivity index (χ0n) is 11.5. The third kappa shape index (κ3) is 7.01. The predicted molar refractivity (Wildman–Crippen MR) is 73.3 cm³/mol. The first-order valence-corrected chi connectivity index (χ1v) is 6.38. The van der Waals surface area contributed by atoms with Crippen molar-refractivity contribution in [2.75, 3.05) is 13.1 Å². The summed E-state index contributed by atoms with van der Waals surface area (Å²) in [5.74, 6) is 0.0922. The fourth-order valence-electron chi connectivity index (χ4n) is 1.53. The molecule has 1 heterocycles. The summed E-state index contributed by atoms with van der Waals surface area (Å²) in [5.41, 5.74) is 1.20. The number of aryl methyl sites for hydroxylation is 1. The van der Waals surface area contributed by atoms with Crippen LogP contribution in [0.15, 0.2) is 24.5 Å². The molecule has 0 aliphatic heterocycles. The highest BCUT2D eigenvalue weighted by atomic mass is 16.1. The molecular formula is C14H23N3O. The molecule has 0 saturated heterocycles. The minimum atomic E-state index is 0.0922. The van der Waals surface area contributed by atoms with Gasteiger partial charge in [0.15, 0.2) is 0 Å². The number of carbonyl (C=O) groups is 1. The predicted octanol–water partition coefficient (Wildman–Crippen LogP) is 1.52. The normalized spacial score (nSPS) is 11.3. The van der Waals surface area contributed by atoms with Gasteiger partial charge in [-0.25, -0.2) is 0 Å². The van der Waals surface area contributed by atoms with Gasteiger partial charge in [-0.05, 0) is 38.8 Å². The summed E-state index contributed by atoms with van der Waals surface area (Å²) in [7, 11) is 0. The Balaban J connectivity index is 2.11. The molecule has 0 aliphatic rings. The van der Waals surface area contributed by atoms with Gasteiger partial charge in [0.05, 0.1) is 0 Å². The number of hydrogen-bond donors (Lipinski definition) is 2. The summed E-state index contributed by atoms with van der Waals surface area (Å²) >= 11 is 0. The van der Waals surface area contributed by atoms with Gasteiger partial charge in [-0.3, -0.25) is 9.78 Å². The maximum absolute atomic E-state index is 11.6. The first-order valence-electron chi connectivity index (χ1n) is 6.38. The van der Waals surface area contributed by atoms with Gasteiger partial charge in [0.25, 0.3) is 0 Å². The van der Waals surface area contributed by atoms with Crippen LogP contribution < -0.4 is 10.6 Å². The Kier molecular flexibility index (Phi) is 5.78. The van der Waals surface area contributed by atoms with Gasteiger partial charge in [-0.1, -0.05) is 6.07 Å². The van der Waals surface area contributed by atoms with E-state index in [1.54, 1.807) is 12.4 Å². The zero-order valence-corrected chi connectivity index (χ0v) is 11.5. The van der Waals surface area contributed by atoms with Crippen LogP contribution >= 0.6 is 0 Å². The molecule has 0 unspecified atom stereocenters. The van der Waals surface area contributed by atoms with Crippen LogP contribution in [-0.2, 0) is 11.2 Å². The summed E-state index contributed by atoms with van der Waals surface area (Å²) in [6.45, 7) is 7.79. The van der Waals surface area contributed by atoms with Crippen LogP contribution in [0.4, 0.5) is 0 Å². The fourth-order valence-corrected chi connectivity index (χ4v) is 1.53. The topological polar surface area (TPSA) is 54.0 Å². The molecule has 1 rings (SSSR count). The van der Waals surface area contributed by atoms with Crippen molar-refractivity contribution in [3.63, 3.8) is 0 Å². The summed E-state index contributed by atoms with van der Waals surface area (Å²) in [6.07, 6.45) is 4.80. The van der Waals surface area contributed by atoms with Crippen LogP contribution in [0.2, 0.25) is 0 Å². The SMILES string of the molecule is CC(C)(C)NCCNC(=O)CCc1cccnc1. The van der Waals surface area contributed by atoms with Crippen molar-refractivity contribution in [1.82, 2.24) is 15.6 Å². The second-order valence-electron chi connectivity index (χ2n) is 5.39. The lowest BCUT2D eigenvalue weighted by Crippen LogP contribution is -2.41. The summed E-state index contributed by atoms with van der Waals surface area (Å²) in [5, 5.41) is 6.23. The van der Waals surface area contributed by atoms with Crippen LogP contribution in [0.25, 0.3) is 0 Å².